The number of urea groups is 1. The van der Waals surface area contributed by atoms with Crippen molar-refractivity contribution in [3.63, 3.8) is 0 Å². The molecular formula is C28H38N2O5. The molecule has 0 bridgehead atoms. The second-order valence-corrected chi connectivity index (χ2v) is 9.04. The summed E-state index contributed by atoms with van der Waals surface area (Å²) in [6.07, 6.45) is 5.09. The third-order valence-corrected chi connectivity index (χ3v) is 6.39. The summed E-state index contributed by atoms with van der Waals surface area (Å²) in [5, 5.41) is 12.3. The van der Waals surface area contributed by atoms with Crippen LogP contribution in [0.15, 0.2) is 54.6 Å². The Hall–Kier alpha value is -3.06. The van der Waals surface area contributed by atoms with Crippen LogP contribution in [-0.2, 0) is 22.4 Å². The summed E-state index contributed by atoms with van der Waals surface area (Å²) in [4.78, 5) is 26.1. The van der Waals surface area contributed by atoms with Crippen molar-refractivity contribution in [1.82, 2.24) is 10.2 Å². The number of carboxylic acid groups (broad SMARTS) is 1. The average molecular weight is 483 g/mol. The van der Waals surface area contributed by atoms with Gasteiger partial charge in [-0.1, -0.05) is 55.3 Å². The number of carbonyl (C=O) groups is 2. The summed E-state index contributed by atoms with van der Waals surface area (Å²) in [7, 11) is 0. The highest BCUT2D eigenvalue weighted by Gasteiger charge is 2.22. The van der Waals surface area contributed by atoms with Crippen LogP contribution in [0.25, 0.3) is 0 Å². The third kappa shape index (κ3) is 9.25. The highest BCUT2D eigenvalue weighted by molar-refractivity contribution is 5.74. The summed E-state index contributed by atoms with van der Waals surface area (Å²) in [6.45, 7) is 4.41. The fraction of sp³-hybridized carbons (Fsp3) is 0.500. The Balaban J connectivity index is 1.48. The number of nitrogens with one attached hydrogen (secondary N) is 1. The van der Waals surface area contributed by atoms with Crippen LogP contribution >= 0.6 is 0 Å². The van der Waals surface area contributed by atoms with Crippen LogP contribution in [-0.4, -0.2) is 61.0 Å². The topological polar surface area (TPSA) is 88.1 Å². The number of rotatable bonds is 14. The number of aliphatic carboxylic acids is 1. The van der Waals surface area contributed by atoms with E-state index in [9.17, 15) is 14.7 Å². The molecule has 2 amide bonds. The molecule has 190 valence electrons. The van der Waals surface area contributed by atoms with Gasteiger partial charge < -0.3 is 24.8 Å². The van der Waals surface area contributed by atoms with Crippen LogP contribution in [0.2, 0.25) is 0 Å². The molecule has 1 atom stereocenters. The Bertz CT molecular complexity index is 897. The van der Waals surface area contributed by atoms with Crippen LogP contribution in [0, 0.1) is 5.92 Å². The molecular weight excluding hydrogens is 444 g/mol. The molecule has 0 aromatic heterocycles. The van der Waals surface area contributed by atoms with E-state index in [0.717, 1.165) is 18.5 Å². The van der Waals surface area contributed by atoms with Gasteiger partial charge in [0.15, 0.2) is 6.10 Å². The number of carbonyl (C=O) groups excluding carboxylic acids is 1. The lowest BCUT2D eigenvalue weighted by Gasteiger charge is -2.26. The molecule has 1 aliphatic rings. The standard InChI is InChI=1S/C28H38N2O5/c1-2-34-26(27(31)32)20-23-12-14-25(15-13-23)35-19-18-30(21-24-10-6-7-11-24)28(33)29-17-16-22-8-4-3-5-9-22/h3-5,8-9,12-15,24,26H,2,6-7,10-11,16-21H2,1H3,(H,29,33)(H,31,32). The lowest BCUT2D eigenvalue weighted by atomic mass is 10.1. The molecule has 35 heavy (non-hydrogen) atoms. The van der Waals surface area contributed by atoms with Crippen molar-refractivity contribution in [2.45, 2.75) is 51.6 Å². The van der Waals surface area contributed by atoms with Gasteiger partial charge in [0.05, 0.1) is 6.54 Å². The van der Waals surface area contributed by atoms with Gasteiger partial charge >= 0.3 is 12.0 Å². The lowest BCUT2D eigenvalue weighted by molar-refractivity contribution is -0.149. The first kappa shape index (κ1) is 26.5. The van der Waals surface area contributed by atoms with Crippen molar-refractivity contribution in [1.29, 1.82) is 0 Å². The van der Waals surface area contributed by atoms with Crippen LogP contribution in [0.1, 0.15) is 43.7 Å². The number of hydrogen-bond acceptors (Lipinski definition) is 4. The predicted molar refractivity (Wildman–Crippen MR) is 136 cm³/mol. The second-order valence-electron chi connectivity index (χ2n) is 9.04. The lowest BCUT2D eigenvalue weighted by Crippen LogP contribution is -2.44. The normalized spacial score (nSPS) is 14.4. The number of carboxylic acids is 1. The Labute approximate surface area is 208 Å². The van der Waals surface area contributed by atoms with Crippen molar-refractivity contribution < 1.29 is 24.2 Å². The summed E-state index contributed by atoms with van der Waals surface area (Å²) < 4.78 is 11.2. The average Bonchev–Trinajstić information content (AvgIpc) is 3.38. The molecule has 3 rings (SSSR count). The number of amides is 2. The van der Waals surface area contributed by atoms with Gasteiger partial charge in [0.1, 0.15) is 12.4 Å². The van der Waals surface area contributed by atoms with E-state index in [1.165, 1.54) is 31.2 Å². The number of ether oxygens (including phenoxy) is 2. The third-order valence-electron chi connectivity index (χ3n) is 6.39. The van der Waals surface area contributed by atoms with Crippen molar-refractivity contribution in [2.24, 2.45) is 5.92 Å². The molecule has 0 aliphatic heterocycles. The van der Waals surface area contributed by atoms with Gasteiger partial charge in [-0.15, -0.1) is 0 Å². The smallest absolute Gasteiger partial charge is 0.333 e. The molecule has 7 heteroatoms. The van der Waals surface area contributed by atoms with Crippen LogP contribution in [0.4, 0.5) is 4.79 Å². The van der Waals surface area contributed by atoms with E-state index in [-0.39, 0.29) is 6.03 Å². The van der Waals surface area contributed by atoms with E-state index < -0.39 is 12.1 Å². The Morgan fingerprint density at radius 2 is 1.77 bits per heavy atom. The van der Waals surface area contributed by atoms with Crippen LogP contribution < -0.4 is 10.1 Å². The second kappa shape index (κ2) is 14.4. The van der Waals surface area contributed by atoms with Gasteiger partial charge in [-0.2, -0.15) is 0 Å². The maximum Gasteiger partial charge on any atom is 0.333 e. The summed E-state index contributed by atoms with van der Waals surface area (Å²) in [5.41, 5.74) is 2.08. The van der Waals surface area contributed by atoms with Crippen molar-refractivity contribution in [3.05, 3.63) is 65.7 Å². The molecule has 1 saturated carbocycles. The van der Waals surface area contributed by atoms with Gasteiger partial charge in [0.2, 0.25) is 0 Å². The minimum atomic E-state index is -0.962. The highest BCUT2D eigenvalue weighted by atomic mass is 16.5. The maximum atomic E-state index is 12.9. The van der Waals surface area contributed by atoms with E-state index in [2.05, 4.69) is 17.4 Å². The minimum Gasteiger partial charge on any atom is -0.492 e. The molecule has 1 fully saturated rings. The molecule has 2 aromatic carbocycles. The zero-order chi connectivity index (χ0) is 24.9. The van der Waals surface area contributed by atoms with Crippen molar-refractivity contribution >= 4 is 12.0 Å². The number of hydrogen-bond donors (Lipinski definition) is 2. The first-order valence-corrected chi connectivity index (χ1v) is 12.7. The zero-order valence-electron chi connectivity index (χ0n) is 20.7. The number of benzene rings is 2. The molecule has 1 aliphatic carbocycles. The fourth-order valence-corrected chi connectivity index (χ4v) is 4.48. The van der Waals surface area contributed by atoms with Gasteiger partial charge in [-0.05, 0) is 55.4 Å². The van der Waals surface area contributed by atoms with Crippen molar-refractivity contribution in [3.8, 4) is 5.75 Å². The van der Waals surface area contributed by atoms with Gasteiger partial charge in [0, 0.05) is 26.1 Å². The molecule has 0 heterocycles. The van der Waals surface area contributed by atoms with Crippen LogP contribution in [0.5, 0.6) is 5.75 Å². The van der Waals surface area contributed by atoms with E-state index >= 15 is 0 Å². The predicted octanol–water partition coefficient (Wildman–Crippen LogP) is 4.54. The molecule has 2 N–H and O–H groups in total. The quantitative estimate of drug-likeness (QED) is 0.413. The summed E-state index contributed by atoms with van der Waals surface area (Å²) in [6, 6.07) is 17.5. The molecule has 0 spiro atoms. The van der Waals surface area contributed by atoms with Crippen LogP contribution in [0.3, 0.4) is 0 Å². The Kier molecular flexibility index (Phi) is 10.9. The largest absolute Gasteiger partial charge is 0.492 e. The Morgan fingerprint density at radius 3 is 2.43 bits per heavy atom. The summed E-state index contributed by atoms with van der Waals surface area (Å²) >= 11 is 0. The van der Waals surface area contributed by atoms with Gasteiger partial charge in [-0.3, -0.25) is 0 Å². The van der Waals surface area contributed by atoms with Gasteiger partial charge in [0.25, 0.3) is 0 Å². The first-order chi connectivity index (χ1) is 17.0. The van der Waals surface area contributed by atoms with Crippen molar-refractivity contribution in [2.75, 3.05) is 32.8 Å². The maximum absolute atomic E-state index is 12.9. The fourth-order valence-electron chi connectivity index (χ4n) is 4.48. The van der Waals surface area contributed by atoms with E-state index in [4.69, 9.17) is 9.47 Å². The van der Waals surface area contributed by atoms with E-state index in [1.807, 2.05) is 47.4 Å². The zero-order valence-corrected chi connectivity index (χ0v) is 20.7. The van der Waals surface area contributed by atoms with E-state index in [1.54, 1.807) is 6.92 Å². The summed E-state index contributed by atoms with van der Waals surface area (Å²) in [5.74, 6) is 0.292. The molecule has 0 saturated heterocycles. The highest BCUT2D eigenvalue weighted by Crippen LogP contribution is 2.25. The van der Waals surface area contributed by atoms with Gasteiger partial charge in [-0.25, -0.2) is 9.59 Å². The molecule has 0 radical (unpaired) electrons. The number of nitrogens with zero attached hydrogens (tertiary/aromatic N) is 1. The molecule has 2 aromatic rings. The molecule has 7 nitrogen and oxygen atoms in total. The SMILES string of the molecule is CCOC(Cc1ccc(OCCN(CC2CCCC2)C(=O)NCCc2ccccc2)cc1)C(=O)O. The van der Waals surface area contributed by atoms with E-state index in [0.29, 0.717) is 44.4 Å². The Morgan fingerprint density at radius 1 is 1.06 bits per heavy atom. The monoisotopic (exact) mass is 482 g/mol. The first-order valence-electron chi connectivity index (χ1n) is 12.7. The minimum absolute atomic E-state index is 0.0394. The molecule has 1 unspecified atom stereocenters.